The predicted molar refractivity (Wildman–Crippen MR) is 141 cm³/mol. The summed E-state index contributed by atoms with van der Waals surface area (Å²) in [5.74, 6) is 0.786. The lowest BCUT2D eigenvalue weighted by Gasteiger charge is -2.32. The van der Waals surface area contributed by atoms with Gasteiger partial charge in [-0.25, -0.2) is 10.4 Å². The van der Waals surface area contributed by atoms with Crippen molar-refractivity contribution in [2.45, 2.75) is 56.1 Å². The van der Waals surface area contributed by atoms with E-state index in [1.54, 1.807) is 0 Å². The number of nitrogens with one attached hydrogen (secondary N) is 2. The van der Waals surface area contributed by atoms with Gasteiger partial charge >= 0.3 is 0 Å². The number of benzene rings is 2. The third kappa shape index (κ3) is 6.85. The molecule has 1 aliphatic carbocycles. The molecule has 0 unspecified atom stereocenters. The van der Waals surface area contributed by atoms with Crippen LogP contribution in [0.1, 0.15) is 49.7 Å². The minimum absolute atomic E-state index is 0.0827. The lowest BCUT2D eigenvalue weighted by Crippen LogP contribution is -2.56. The van der Waals surface area contributed by atoms with Crippen LogP contribution in [-0.4, -0.2) is 59.5 Å². The topological polar surface area (TPSA) is 112 Å². The number of aliphatic hydroxyl groups is 2. The summed E-state index contributed by atoms with van der Waals surface area (Å²) in [6.45, 7) is 0.915. The van der Waals surface area contributed by atoms with E-state index < -0.39 is 11.1 Å². The Hall–Kier alpha value is -2.46. The number of halogens is 1. The molecule has 0 saturated heterocycles. The number of carbonyl (C=O) groups excluding carboxylic acids is 1. The van der Waals surface area contributed by atoms with Crippen LogP contribution < -0.4 is 15.6 Å². The van der Waals surface area contributed by atoms with Gasteiger partial charge in [-0.3, -0.25) is 10.2 Å². The third-order valence-electron chi connectivity index (χ3n) is 6.67. The highest BCUT2D eigenvalue weighted by Crippen LogP contribution is 2.29. The van der Waals surface area contributed by atoms with Crippen LogP contribution in [0.2, 0.25) is 0 Å². The van der Waals surface area contributed by atoms with Gasteiger partial charge in [0.2, 0.25) is 5.90 Å². The van der Waals surface area contributed by atoms with E-state index in [9.17, 15) is 9.90 Å². The van der Waals surface area contributed by atoms with Gasteiger partial charge in [0.15, 0.2) is 5.54 Å². The average molecular weight is 560 g/mol. The van der Waals surface area contributed by atoms with Crippen molar-refractivity contribution >= 4 is 27.7 Å². The van der Waals surface area contributed by atoms with Crippen LogP contribution in [0, 0.1) is 0 Å². The summed E-state index contributed by atoms with van der Waals surface area (Å²) < 4.78 is 12.5. The number of nitrogens with zero attached hydrogens (tertiary/aromatic N) is 1. The highest BCUT2D eigenvalue weighted by molar-refractivity contribution is 9.10. The fourth-order valence-electron chi connectivity index (χ4n) is 4.56. The van der Waals surface area contributed by atoms with Gasteiger partial charge in [0.05, 0.1) is 12.2 Å². The van der Waals surface area contributed by atoms with Gasteiger partial charge in [-0.2, -0.15) is 0 Å². The molecule has 1 saturated carbocycles. The molecule has 2 aliphatic rings. The van der Waals surface area contributed by atoms with Crippen LogP contribution in [0.15, 0.2) is 58.0 Å². The Morgan fingerprint density at radius 1 is 1.08 bits per heavy atom. The maximum Gasteiger partial charge on any atom is 0.266 e. The first-order valence-corrected chi connectivity index (χ1v) is 13.3. The molecule has 1 amide bonds. The Kier molecular flexibility index (Phi) is 9.00. The van der Waals surface area contributed by atoms with Crippen LogP contribution in [0.4, 0.5) is 0 Å². The van der Waals surface area contributed by atoms with Gasteiger partial charge in [-0.1, -0.05) is 47.3 Å². The number of rotatable bonds is 11. The second-order valence-corrected chi connectivity index (χ2v) is 10.5. The highest BCUT2D eigenvalue weighted by atomic mass is 79.9. The van der Waals surface area contributed by atoms with E-state index in [0.717, 1.165) is 47.7 Å². The van der Waals surface area contributed by atoms with Crippen molar-refractivity contribution in [3.63, 3.8) is 0 Å². The van der Waals surface area contributed by atoms with Gasteiger partial charge in [0, 0.05) is 36.0 Å². The summed E-state index contributed by atoms with van der Waals surface area (Å²) in [5, 5.41) is 19.7. The molecule has 194 valence electrons. The molecule has 2 aromatic rings. The smallest absolute Gasteiger partial charge is 0.266 e. The molecule has 4 rings (SSSR count). The normalized spacial score (nSPS) is 20.9. The molecule has 4 N–H and O–H groups in total. The van der Waals surface area contributed by atoms with Gasteiger partial charge in [0.25, 0.3) is 5.91 Å². The molecule has 36 heavy (non-hydrogen) atoms. The van der Waals surface area contributed by atoms with Crippen molar-refractivity contribution in [1.29, 1.82) is 0 Å². The van der Waals surface area contributed by atoms with Crippen molar-refractivity contribution in [1.82, 2.24) is 10.9 Å². The first-order valence-electron chi connectivity index (χ1n) is 12.5. The summed E-state index contributed by atoms with van der Waals surface area (Å²) in [7, 11) is 0. The van der Waals surface area contributed by atoms with Crippen LogP contribution >= 0.6 is 15.9 Å². The van der Waals surface area contributed by atoms with Crippen molar-refractivity contribution in [2.24, 2.45) is 4.99 Å². The fourth-order valence-corrected chi connectivity index (χ4v) is 4.83. The molecule has 9 heteroatoms. The van der Waals surface area contributed by atoms with Crippen molar-refractivity contribution in [3.05, 3.63) is 64.1 Å². The zero-order valence-corrected chi connectivity index (χ0v) is 21.9. The first kappa shape index (κ1) is 26.6. The van der Waals surface area contributed by atoms with E-state index in [4.69, 9.17) is 19.6 Å². The number of hydrazine groups is 1. The predicted octanol–water partition coefficient (Wildman–Crippen LogP) is 3.28. The Balaban J connectivity index is 1.49. The fraction of sp³-hybridized carbons (Fsp3) is 0.481. The van der Waals surface area contributed by atoms with Crippen LogP contribution in [0.25, 0.3) is 0 Å². The molecular weight excluding hydrogens is 526 g/mol. The summed E-state index contributed by atoms with van der Waals surface area (Å²) in [6.07, 6.45) is 5.50. The second kappa shape index (κ2) is 12.2. The third-order valence-corrected chi connectivity index (χ3v) is 7.20. The molecule has 0 spiro atoms. The number of hydrogen-bond donors (Lipinski definition) is 4. The number of hydrogen-bond acceptors (Lipinski definition) is 7. The highest BCUT2D eigenvalue weighted by Gasteiger charge is 2.45. The molecule has 1 atom stereocenters. The summed E-state index contributed by atoms with van der Waals surface area (Å²) >= 11 is 3.46. The SMILES string of the molecule is O=C(NNCC1(O)CCCCC1)[C@]1(Cc2ccc(Br)cc2)COC(c2ccc(OCCCO)cc2)=N1. The number of aliphatic hydroxyl groups excluding tert-OH is 1. The minimum Gasteiger partial charge on any atom is -0.494 e. The van der Waals surface area contributed by atoms with E-state index in [2.05, 4.69) is 26.8 Å². The zero-order valence-electron chi connectivity index (χ0n) is 20.3. The summed E-state index contributed by atoms with van der Waals surface area (Å²) in [5.41, 5.74) is 5.51. The summed E-state index contributed by atoms with van der Waals surface area (Å²) in [6, 6.07) is 15.1. The number of amides is 1. The van der Waals surface area contributed by atoms with Gasteiger partial charge in [-0.15, -0.1) is 0 Å². The quantitative estimate of drug-likeness (QED) is 0.248. The van der Waals surface area contributed by atoms with Crippen LogP contribution in [-0.2, 0) is 16.0 Å². The number of aliphatic imine (C=N–C) groups is 1. The van der Waals surface area contributed by atoms with Crippen molar-refractivity contribution in [3.8, 4) is 5.75 Å². The molecule has 1 aliphatic heterocycles. The van der Waals surface area contributed by atoms with Gasteiger partial charge in [-0.05, 0) is 54.8 Å². The van der Waals surface area contributed by atoms with E-state index in [0.29, 0.717) is 37.6 Å². The lowest BCUT2D eigenvalue weighted by atomic mass is 9.85. The largest absolute Gasteiger partial charge is 0.494 e. The minimum atomic E-state index is -1.15. The number of ether oxygens (including phenoxy) is 2. The maximum absolute atomic E-state index is 13.5. The molecule has 0 bridgehead atoms. The van der Waals surface area contributed by atoms with E-state index >= 15 is 0 Å². The van der Waals surface area contributed by atoms with E-state index in [1.807, 2.05) is 48.5 Å². The average Bonchev–Trinajstić information content (AvgIpc) is 3.32. The van der Waals surface area contributed by atoms with E-state index in [-0.39, 0.29) is 19.1 Å². The first-order chi connectivity index (χ1) is 17.4. The van der Waals surface area contributed by atoms with Crippen molar-refractivity contribution in [2.75, 3.05) is 26.4 Å². The van der Waals surface area contributed by atoms with Gasteiger partial charge < -0.3 is 19.7 Å². The number of carbonyl (C=O) groups is 1. The maximum atomic E-state index is 13.5. The molecule has 1 heterocycles. The van der Waals surface area contributed by atoms with Gasteiger partial charge in [0.1, 0.15) is 12.4 Å². The molecule has 8 nitrogen and oxygen atoms in total. The van der Waals surface area contributed by atoms with E-state index in [1.165, 1.54) is 0 Å². The Morgan fingerprint density at radius 3 is 2.50 bits per heavy atom. The monoisotopic (exact) mass is 559 g/mol. The Labute approximate surface area is 220 Å². The molecule has 0 aromatic heterocycles. The van der Waals surface area contributed by atoms with Crippen LogP contribution in [0.5, 0.6) is 5.75 Å². The molecule has 1 fully saturated rings. The standard InChI is InChI=1S/C27H34BrN3O5/c28-22-9-5-20(6-10-22)17-27(25(33)31-29-18-26(34)13-2-1-3-14-26)19-36-24(30-27)21-7-11-23(12-8-21)35-16-4-15-32/h5-12,29,32,34H,1-4,13-19H2,(H,31,33)/t27-/m0/s1. The zero-order chi connectivity index (χ0) is 25.4. The van der Waals surface area contributed by atoms with Crippen molar-refractivity contribution < 1.29 is 24.5 Å². The Bertz CT molecular complexity index is 1040. The molecular formula is C27H34BrN3O5. The summed E-state index contributed by atoms with van der Waals surface area (Å²) in [4.78, 5) is 18.3. The molecule has 0 radical (unpaired) electrons. The lowest BCUT2D eigenvalue weighted by molar-refractivity contribution is -0.128. The second-order valence-electron chi connectivity index (χ2n) is 9.58. The molecule has 2 aromatic carbocycles. The Morgan fingerprint density at radius 2 is 1.81 bits per heavy atom. The van der Waals surface area contributed by atoms with Crippen LogP contribution in [0.3, 0.4) is 0 Å².